The molecule has 24 nitrogen and oxygen atoms in total. The zero-order valence-electron chi connectivity index (χ0n) is 56.4. The highest BCUT2D eigenvalue weighted by atomic mass is 16.5. The SMILES string of the molecule is CC[C@@H]1NC(=O)[C@H]([C@@H]2OC(C(C)=O)C[C@H]2C)N(C)C(=O)[C@H](C(C)C)N(C)C(=O)[C@H](CC(C)C)N(C)C(=O)[C@H](CC(C)C)N(C)C(=O)[C@@H](C)NC(=O)[C@H](C)NC(=O)[C@H](CC(C)C)N(C)C(=O)[C@H](C(C)C)NC(=O)[C@H](CC(C)C)N(C)C(=O)CN(C)C1=O. The van der Waals surface area contributed by atoms with Crippen LogP contribution in [0.4, 0.5) is 0 Å². The lowest BCUT2D eigenvalue weighted by Crippen LogP contribution is -2.63. The van der Waals surface area contributed by atoms with Gasteiger partial charge in [-0.05, 0) is 101 Å². The number of likely N-dealkylation sites (N-methyl/N-ethyl adjacent to an activating group) is 7. The third-order valence-electron chi connectivity index (χ3n) is 16.7. The molecule has 2 heterocycles. The second-order valence-corrected chi connectivity index (χ2v) is 26.7. The van der Waals surface area contributed by atoms with E-state index in [0.717, 1.165) is 4.90 Å². The molecule has 2 rings (SSSR count). The van der Waals surface area contributed by atoms with E-state index in [1.165, 1.54) is 99.5 Å². The van der Waals surface area contributed by atoms with Gasteiger partial charge in [0.15, 0.2) is 5.78 Å². The normalized spacial score (nSPS) is 29.3. The van der Waals surface area contributed by atoms with Crippen LogP contribution in [0, 0.1) is 41.4 Å². The summed E-state index contributed by atoms with van der Waals surface area (Å²) in [7, 11) is 9.98. The maximum atomic E-state index is 15.3. The van der Waals surface area contributed by atoms with Gasteiger partial charge in [-0.15, -0.1) is 0 Å². The molecule has 0 aromatic heterocycles. The molecule has 24 heteroatoms. The summed E-state index contributed by atoms with van der Waals surface area (Å²) in [4.78, 5) is 182. The monoisotopic (exact) mass is 1220 g/mol. The van der Waals surface area contributed by atoms with Gasteiger partial charge in [0, 0.05) is 49.3 Å². The average Bonchev–Trinajstić information content (AvgIpc) is 1.65. The number of carbonyl (C=O) groups excluding carboxylic acids is 12. The quantitative estimate of drug-likeness (QED) is 0.207. The average molecular weight is 1220 g/mol. The molecule has 0 spiro atoms. The van der Waals surface area contributed by atoms with Crippen LogP contribution in [-0.4, -0.2) is 234 Å². The van der Waals surface area contributed by atoms with Crippen LogP contribution in [0.2, 0.25) is 0 Å². The Kier molecular flexibility index (Phi) is 29.3. The summed E-state index contributed by atoms with van der Waals surface area (Å²) in [6.45, 7) is 29.0. The summed E-state index contributed by atoms with van der Waals surface area (Å²) >= 11 is 0. The van der Waals surface area contributed by atoms with E-state index in [9.17, 15) is 47.9 Å². The second-order valence-electron chi connectivity index (χ2n) is 26.7. The fourth-order valence-electron chi connectivity index (χ4n) is 11.4. The smallest absolute Gasteiger partial charge is 0.246 e. The van der Waals surface area contributed by atoms with E-state index in [-0.39, 0.29) is 68.0 Å². The Hall–Kier alpha value is -6.20. The molecule has 0 aliphatic carbocycles. The van der Waals surface area contributed by atoms with Crippen molar-refractivity contribution in [1.82, 2.24) is 55.6 Å². The predicted molar refractivity (Wildman–Crippen MR) is 327 cm³/mol. The minimum Gasteiger partial charge on any atom is -0.364 e. The van der Waals surface area contributed by atoms with Crippen LogP contribution in [0.1, 0.15) is 156 Å². The third kappa shape index (κ3) is 19.9. The van der Waals surface area contributed by atoms with Gasteiger partial charge in [-0.1, -0.05) is 96.9 Å². The van der Waals surface area contributed by atoms with E-state index in [0.29, 0.717) is 0 Å². The summed E-state index contributed by atoms with van der Waals surface area (Å²) in [5.41, 5.74) is 0. The Bertz CT molecular complexity index is 2420. The predicted octanol–water partition coefficient (Wildman–Crippen LogP) is 2.69. The molecule has 4 N–H and O–H groups in total. The molecule has 11 amide bonds. The van der Waals surface area contributed by atoms with Gasteiger partial charge in [-0.2, -0.15) is 0 Å². The molecule has 0 aromatic carbocycles. The first kappa shape index (κ1) is 75.9. The Balaban J connectivity index is 2.98. The van der Waals surface area contributed by atoms with Crippen molar-refractivity contribution < 1.29 is 62.3 Å². The number of hydrogen-bond donors (Lipinski definition) is 4. The molecule has 2 fully saturated rings. The molecule has 86 heavy (non-hydrogen) atoms. The van der Waals surface area contributed by atoms with Crippen molar-refractivity contribution in [3.05, 3.63) is 0 Å². The highest BCUT2D eigenvalue weighted by molar-refractivity contribution is 5.99. The third-order valence-corrected chi connectivity index (χ3v) is 16.7. The molecular formula is C62H109N11O13. The maximum absolute atomic E-state index is 15.3. The molecule has 0 saturated carbocycles. The van der Waals surface area contributed by atoms with Gasteiger partial charge in [0.2, 0.25) is 65.0 Å². The van der Waals surface area contributed by atoms with Crippen LogP contribution >= 0.6 is 0 Å². The largest absolute Gasteiger partial charge is 0.364 e. The number of Topliss-reactive ketones (excluding diaryl/α,β-unsaturated/α-hetero) is 1. The summed E-state index contributed by atoms with van der Waals surface area (Å²) in [5.74, 6) is -9.75. The molecule has 0 bridgehead atoms. The topological polar surface area (TPSA) is 285 Å². The van der Waals surface area contributed by atoms with Gasteiger partial charge in [-0.25, -0.2) is 0 Å². The van der Waals surface area contributed by atoms with Crippen molar-refractivity contribution in [2.75, 3.05) is 55.9 Å². The summed E-state index contributed by atoms with van der Waals surface area (Å²) in [6.07, 6.45) is -1.10. The van der Waals surface area contributed by atoms with E-state index < -0.39 is 162 Å². The molecular weight excluding hydrogens is 1110 g/mol. The molecule has 1 unspecified atom stereocenters. The zero-order chi connectivity index (χ0) is 66.4. The lowest BCUT2D eigenvalue weighted by atomic mass is 9.92. The first-order valence-electron chi connectivity index (χ1n) is 30.9. The molecule has 0 aromatic rings. The van der Waals surface area contributed by atoms with Gasteiger partial charge in [0.25, 0.3) is 0 Å². The number of amides is 11. The fraction of sp³-hybridized carbons (Fsp3) is 0.806. The van der Waals surface area contributed by atoms with Gasteiger partial charge >= 0.3 is 0 Å². The van der Waals surface area contributed by atoms with Crippen LogP contribution in [0.25, 0.3) is 0 Å². The number of ether oxygens (including phenoxy) is 1. The van der Waals surface area contributed by atoms with Crippen molar-refractivity contribution >= 4 is 70.8 Å². The van der Waals surface area contributed by atoms with Gasteiger partial charge in [-0.3, -0.25) is 57.5 Å². The molecule has 2 saturated heterocycles. The number of nitrogens with one attached hydrogen (secondary N) is 4. The Morgan fingerprint density at radius 3 is 1.35 bits per heavy atom. The Morgan fingerprint density at radius 1 is 0.477 bits per heavy atom. The maximum Gasteiger partial charge on any atom is 0.246 e. The number of ketones is 1. The summed E-state index contributed by atoms with van der Waals surface area (Å²) < 4.78 is 6.28. The standard InChI is InChI=1S/C62H109N11O13/c1-25-42-58(81)67(18)31-48(75)68(19)43(26-32(2)3)55(78)66-49(36(10)11)61(84)69(20)44(27-33(4)5)54(77)63-39(15)53(76)64-40(16)57(80)70(21)45(28-34(6)7)59(82)71(22)46(29-35(8)9)60(83)72(23)50(37(12)13)62(85)73(24)51(56(79)65-42)52-38(14)30-47(86-52)41(17)74/h32-40,42-47,49-52H,25-31H2,1-24H3,(H,63,77)(H,64,76)(H,65,79)(H,66,78)/t38-,39+,40-,42+,43+,44+,45+,46+,47?,49+,50+,51+,52-/m1/s1. The van der Waals surface area contributed by atoms with E-state index in [2.05, 4.69) is 21.3 Å². The number of rotatable bonds is 13. The van der Waals surface area contributed by atoms with Crippen molar-refractivity contribution in [3.63, 3.8) is 0 Å². The van der Waals surface area contributed by atoms with Crippen LogP contribution in [0.15, 0.2) is 0 Å². The fourth-order valence-corrected chi connectivity index (χ4v) is 11.4. The summed E-state index contributed by atoms with van der Waals surface area (Å²) in [6, 6.07) is -12.2. The lowest BCUT2D eigenvalue weighted by molar-refractivity contribution is -0.158. The van der Waals surface area contributed by atoms with E-state index in [1.54, 1.807) is 41.5 Å². The number of nitrogens with zero attached hydrogens (tertiary/aromatic N) is 7. The molecule has 2 aliphatic rings. The van der Waals surface area contributed by atoms with Gasteiger partial charge in [0.05, 0.1) is 12.6 Å². The first-order chi connectivity index (χ1) is 39.6. The Labute approximate surface area is 513 Å². The van der Waals surface area contributed by atoms with Crippen molar-refractivity contribution in [3.8, 4) is 0 Å². The molecule has 0 radical (unpaired) electrons. The zero-order valence-corrected chi connectivity index (χ0v) is 56.4. The van der Waals surface area contributed by atoms with E-state index in [1.807, 2.05) is 55.4 Å². The van der Waals surface area contributed by atoms with E-state index in [4.69, 9.17) is 4.74 Å². The second kappa shape index (κ2) is 33.2. The minimum atomic E-state index is -1.46. The minimum absolute atomic E-state index is 0.0297. The summed E-state index contributed by atoms with van der Waals surface area (Å²) in [5, 5.41) is 11.0. The highest BCUT2D eigenvalue weighted by Crippen LogP contribution is 2.32. The Morgan fingerprint density at radius 2 is 0.907 bits per heavy atom. The van der Waals surface area contributed by atoms with Crippen molar-refractivity contribution in [1.29, 1.82) is 0 Å². The lowest BCUT2D eigenvalue weighted by Gasteiger charge is -2.41. The molecule has 2 aliphatic heterocycles. The number of hydrogen-bond acceptors (Lipinski definition) is 13. The van der Waals surface area contributed by atoms with Crippen LogP contribution in [-0.2, 0) is 62.3 Å². The van der Waals surface area contributed by atoms with Crippen LogP contribution in [0.5, 0.6) is 0 Å². The van der Waals surface area contributed by atoms with Crippen LogP contribution in [0.3, 0.4) is 0 Å². The van der Waals surface area contributed by atoms with Gasteiger partial charge < -0.3 is 60.3 Å². The highest BCUT2D eigenvalue weighted by Gasteiger charge is 2.49. The van der Waals surface area contributed by atoms with Gasteiger partial charge in [0.1, 0.15) is 66.5 Å². The van der Waals surface area contributed by atoms with Crippen molar-refractivity contribution in [2.45, 2.75) is 229 Å². The first-order valence-corrected chi connectivity index (χ1v) is 30.9. The van der Waals surface area contributed by atoms with Crippen LogP contribution < -0.4 is 21.3 Å². The van der Waals surface area contributed by atoms with Crippen molar-refractivity contribution in [2.24, 2.45) is 41.4 Å². The number of carbonyl (C=O) groups is 12. The molecule has 490 valence electrons. The molecule has 13 atom stereocenters. The van der Waals surface area contributed by atoms with E-state index >= 15 is 9.59 Å².